The Balaban J connectivity index is 2.97. The monoisotopic (exact) mass is 347 g/mol. The summed E-state index contributed by atoms with van der Waals surface area (Å²) in [6, 6.07) is 3.63. The molecule has 0 saturated heterocycles. The Labute approximate surface area is 134 Å². The van der Waals surface area contributed by atoms with Gasteiger partial charge >= 0.3 is 5.97 Å². The number of carbonyl (C=O) groups is 2. The molecule has 22 heavy (non-hydrogen) atoms. The molecule has 1 N–H and O–H groups in total. The van der Waals surface area contributed by atoms with Crippen molar-refractivity contribution in [2.75, 3.05) is 6.26 Å². The number of ether oxygens (including phenoxy) is 1. The maximum absolute atomic E-state index is 12.1. The Kier molecular flexibility index (Phi) is 5.96. The summed E-state index contributed by atoms with van der Waals surface area (Å²) in [5.74, 6) is -1.30. The van der Waals surface area contributed by atoms with Gasteiger partial charge in [0.05, 0.1) is 15.5 Å². The van der Waals surface area contributed by atoms with E-state index in [0.717, 1.165) is 12.3 Å². The molecule has 0 spiro atoms. The van der Waals surface area contributed by atoms with Gasteiger partial charge in [-0.05, 0) is 39.0 Å². The Hall–Kier alpha value is -1.60. The summed E-state index contributed by atoms with van der Waals surface area (Å²) < 4.78 is 28.0. The molecule has 6 nitrogen and oxygen atoms in total. The highest BCUT2D eigenvalue weighted by molar-refractivity contribution is 7.90. The maximum atomic E-state index is 12.1. The fraction of sp³-hybridized carbons (Fsp3) is 0.429. The largest absolute Gasteiger partial charge is 0.449 e. The normalized spacial score (nSPS) is 12.8. The van der Waals surface area contributed by atoms with Gasteiger partial charge in [-0.3, -0.25) is 4.79 Å². The van der Waals surface area contributed by atoms with Crippen LogP contribution in [0.1, 0.15) is 31.1 Å². The molecule has 0 aliphatic carbocycles. The summed E-state index contributed by atoms with van der Waals surface area (Å²) in [7, 11) is -3.48. The lowest BCUT2D eigenvalue weighted by Crippen LogP contribution is -2.39. The summed E-state index contributed by atoms with van der Waals surface area (Å²) in [6.45, 7) is 4.97. The fourth-order valence-corrected chi connectivity index (χ4v) is 2.41. The number of amides is 1. The lowest BCUT2D eigenvalue weighted by atomic mass is 10.2. The first-order valence-electron chi connectivity index (χ1n) is 6.53. The van der Waals surface area contributed by atoms with Gasteiger partial charge in [0.25, 0.3) is 5.91 Å². The summed E-state index contributed by atoms with van der Waals surface area (Å²) in [5.41, 5.74) is -0.103. The highest BCUT2D eigenvalue weighted by Gasteiger charge is 2.22. The SMILES string of the molecule is CC(C)NC(=O)[C@H](C)OC(=O)c1cc(S(C)(=O)=O)ccc1Cl. The number of hydrogen-bond acceptors (Lipinski definition) is 5. The molecule has 0 bridgehead atoms. The van der Waals surface area contributed by atoms with Gasteiger partial charge in [0.15, 0.2) is 15.9 Å². The third kappa shape index (κ3) is 4.99. The van der Waals surface area contributed by atoms with Crippen molar-refractivity contribution in [2.24, 2.45) is 0 Å². The average molecular weight is 348 g/mol. The first-order valence-corrected chi connectivity index (χ1v) is 8.80. The number of halogens is 1. The van der Waals surface area contributed by atoms with E-state index in [2.05, 4.69) is 5.32 Å². The van der Waals surface area contributed by atoms with Gasteiger partial charge in [-0.1, -0.05) is 11.6 Å². The van der Waals surface area contributed by atoms with Gasteiger partial charge in [0.2, 0.25) is 0 Å². The highest BCUT2D eigenvalue weighted by atomic mass is 35.5. The Bertz CT molecular complexity index is 684. The van der Waals surface area contributed by atoms with Crippen molar-refractivity contribution in [3.05, 3.63) is 28.8 Å². The molecular weight excluding hydrogens is 330 g/mol. The van der Waals surface area contributed by atoms with Crippen LogP contribution in [0.5, 0.6) is 0 Å². The van der Waals surface area contributed by atoms with E-state index in [4.69, 9.17) is 16.3 Å². The van der Waals surface area contributed by atoms with Gasteiger partial charge in [0.1, 0.15) is 0 Å². The summed E-state index contributed by atoms with van der Waals surface area (Å²) in [5, 5.41) is 2.65. The Morgan fingerprint density at radius 3 is 2.32 bits per heavy atom. The minimum Gasteiger partial charge on any atom is -0.449 e. The van der Waals surface area contributed by atoms with Crippen LogP contribution in [0.25, 0.3) is 0 Å². The second-order valence-corrected chi connectivity index (χ2v) is 7.55. The number of nitrogens with one attached hydrogen (secondary N) is 1. The van der Waals surface area contributed by atoms with Crippen LogP contribution in [0.2, 0.25) is 5.02 Å². The van der Waals surface area contributed by atoms with Crippen LogP contribution in [0.4, 0.5) is 0 Å². The van der Waals surface area contributed by atoms with Crippen molar-refractivity contribution in [1.29, 1.82) is 0 Å². The summed E-state index contributed by atoms with van der Waals surface area (Å²) >= 11 is 5.89. The highest BCUT2D eigenvalue weighted by Crippen LogP contribution is 2.21. The van der Waals surface area contributed by atoms with Gasteiger partial charge in [-0.15, -0.1) is 0 Å². The topological polar surface area (TPSA) is 89.5 Å². The van der Waals surface area contributed by atoms with Crippen molar-refractivity contribution < 1.29 is 22.7 Å². The van der Waals surface area contributed by atoms with Crippen LogP contribution in [-0.2, 0) is 19.4 Å². The molecule has 0 aliphatic rings. The lowest BCUT2D eigenvalue weighted by molar-refractivity contribution is -0.129. The molecule has 1 amide bonds. The molecule has 1 aromatic carbocycles. The smallest absolute Gasteiger partial charge is 0.340 e. The quantitative estimate of drug-likeness (QED) is 0.820. The van der Waals surface area contributed by atoms with Crippen molar-refractivity contribution in [1.82, 2.24) is 5.32 Å². The molecule has 0 saturated carbocycles. The zero-order valence-electron chi connectivity index (χ0n) is 12.7. The molecule has 8 heteroatoms. The Morgan fingerprint density at radius 2 is 1.82 bits per heavy atom. The second-order valence-electron chi connectivity index (χ2n) is 5.12. The van der Waals surface area contributed by atoms with Crippen LogP contribution in [0, 0.1) is 0 Å². The van der Waals surface area contributed by atoms with E-state index in [1.54, 1.807) is 13.8 Å². The number of carbonyl (C=O) groups excluding carboxylic acids is 2. The number of benzene rings is 1. The molecule has 0 fully saturated rings. The minimum absolute atomic E-state index is 0.0499. The zero-order chi connectivity index (χ0) is 17.1. The third-order valence-corrected chi connectivity index (χ3v) is 4.11. The zero-order valence-corrected chi connectivity index (χ0v) is 14.3. The first-order chi connectivity index (χ1) is 10.0. The number of esters is 1. The molecule has 0 unspecified atom stereocenters. The van der Waals surface area contributed by atoms with Crippen LogP contribution < -0.4 is 5.32 Å². The van der Waals surface area contributed by atoms with Crippen LogP contribution >= 0.6 is 11.6 Å². The van der Waals surface area contributed by atoms with Gasteiger partial charge in [0, 0.05) is 12.3 Å². The lowest BCUT2D eigenvalue weighted by Gasteiger charge is -2.16. The molecule has 0 radical (unpaired) electrons. The van der Waals surface area contributed by atoms with E-state index in [1.807, 2.05) is 0 Å². The van der Waals surface area contributed by atoms with E-state index in [-0.39, 0.29) is 21.5 Å². The average Bonchev–Trinajstić information content (AvgIpc) is 2.36. The van der Waals surface area contributed by atoms with Crippen LogP contribution in [0.15, 0.2) is 23.1 Å². The van der Waals surface area contributed by atoms with E-state index < -0.39 is 27.8 Å². The molecule has 122 valence electrons. The third-order valence-electron chi connectivity index (χ3n) is 2.67. The molecule has 1 atom stereocenters. The molecule has 0 heterocycles. The fourth-order valence-electron chi connectivity index (χ4n) is 1.57. The minimum atomic E-state index is -3.48. The number of sulfone groups is 1. The summed E-state index contributed by atoms with van der Waals surface area (Å²) in [6.07, 6.45) is -0.00259. The predicted molar refractivity (Wildman–Crippen MR) is 82.7 cm³/mol. The molecule has 1 rings (SSSR count). The van der Waals surface area contributed by atoms with Crippen LogP contribution in [-0.4, -0.2) is 38.7 Å². The van der Waals surface area contributed by atoms with E-state index in [9.17, 15) is 18.0 Å². The molecule has 1 aromatic rings. The van der Waals surface area contributed by atoms with Crippen LogP contribution in [0.3, 0.4) is 0 Å². The van der Waals surface area contributed by atoms with E-state index in [0.29, 0.717) is 0 Å². The Morgan fingerprint density at radius 1 is 1.23 bits per heavy atom. The summed E-state index contributed by atoms with van der Waals surface area (Å²) in [4.78, 5) is 23.7. The van der Waals surface area contributed by atoms with E-state index >= 15 is 0 Å². The molecular formula is C14H18ClNO5S. The standard InChI is InChI=1S/C14H18ClNO5S/c1-8(2)16-13(17)9(3)21-14(18)11-7-10(22(4,19)20)5-6-12(11)15/h5-9H,1-4H3,(H,16,17)/t9-/m0/s1. The second kappa shape index (κ2) is 7.11. The first kappa shape index (κ1) is 18.4. The van der Waals surface area contributed by atoms with Gasteiger partial charge in [-0.2, -0.15) is 0 Å². The number of hydrogen-bond donors (Lipinski definition) is 1. The maximum Gasteiger partial charge on any atom is 0.340 e. The van der Waals surface area contributed by atoms with Crippen molar-refractivity contribution in [3.63, 3.8) is 0 Å². The molecule has 0 aromatic heterocycles. The van der Waals surface area contributed by atoms with Crippen molar-refractivity contribution in [2.45, 2.75) is 37.8 Å². The predicted octanol–water partition coefficient (Wildman–Crippen LogP) is 1.81. The van der Waals surface area contributed by atoms with E-state index in [1.165, 1.54) is 19.1 Å². The number of rotatable bonds is 5. The molecule has 0 aliphatic heterocycles. The van der Waals surface area contributed by atoms with Crippen molar-refractivity contribution >= 4 is 33.3 Å². The van der Waals surface area contributed by atoms with Gasteiger partial charge in [-0.25, -0.2) is 13.2 Å². The van der Waals surface area contributed by atoms with Crippen molar-refractivity contribution in [3.8, 4) is 0 Å². The van der Waals surface area contributed by atoms with Gasteiger partial charge < -0.3 is 10.1 Å².